The number of anilines is 1. The molecule has 2 aromatic heterocycles. The van der Waals surface area contributed by atoms with Crippen molar-refractivity contribution in [2.24, 2.45) is 0 Å². The maximum atomic E-state index is 11.9. The van der Waals surface area contributed by atoms with Gasteiger partial charge in [0.25, 0.3) is 5.91 Å². The minimum atomic E-state index is -0.177. The Bertz CT molecular complexity index is 893. The molecule has 0 bridgehead atoms. The van der Waals surface area contributed by atoms with Crippen molar-refractivity contribution in [3.05, 3.63) is 58.9 Å². The SMILES string of the molecule is COCCNC(=O)c1ccc(NC(C)c2cc3cc(Cl)ccc3o2)nc1. The van der Waals surface area contributed by atoms with Gasteiger partial charge in [0.1, 0.15) is 17.2 Å². The van der Waals surface area contributed by atoms with Crippen molar-refractivity contribution >= 4 is 34.3 Å². The quantitative estimate of drug-likeness (QED) is 0.611. The van der Waals surface area contributed by atoms with E-state index < -0.39 is 0 Å². The van der Waals surface area contributed by atoms with Crippen LogP contribution in [-0.2, 0) is 4.74 Å². The zero-order chi connectivity index (χ0) is 18.5. The molecule has 3 rings (SSSR count). The lowest BCUT2D eigenvalue weighted by Gasteiger charge is -2.12. The molecule has 1 amide bonds. The van der Waals surface area contributed by atoms with Crippen LogP contribution in [0.4, 0.5) is 5.82 Å². The smallest absolute Gasteiger partial charge is 0.252 e. The normalized spacial score (nSPS) is 12.1. The minimum absolute atomic E-state index is 0.0879. The number of rotatable bonds is 7. The largest absolute Gasteiger partial charge is 0.459 e. The number of fused-ring (bicyclic) bond motifs is 1. The van der Waals surface area contributed by atoms with E-state index in [1.54, 1.807) is 25.3 Å². The average Bonchev–Trinajstić information content (AvgIpc) is 3.05. The highest BCUT2D eigenvalue weighted by Crippen LogP contribution is 2.27. The van der Waals surface area contributed by atoms with Crippen LogP contribution in [0.25, 0.3) is 11.0 Å². The number of carbonyl (C=O) groups excluding carboxylic acids is 1. The van der Waals surface area contributed by atoms with Crippen molar-refractivity contribution in [3.63, 3.8) is 0 Å². The standard InChI is InChI=1S/C19H20ClN3O3/c1-12(17-10-14-9-15(20)4-5-16(14)26-17)23-18-6-3-13(11-22-18)19(24)21-7-8-25-2/h3-6,9-12H,7-8H2,1-2H3,(H,21,24)(H,22,23). The summed E-state index contributed by atoms with van der Waals surface area (Å²) >= 11 is 6.01. The van der Waals surface area contributed by atoms with E-state index in [9.17, 15) is 4.79 Å². The third kappa shape index (κ3) is 4.33. The van der Waals surface area contributed by atoms with Crippen molar-refractivity contribution in [2.75, 3.05) is 25.6 Å². The molecule has 2 heterocycles. The lowest BCUT2D eigenvalue weighted by atomic mass is 10.2. The maximum Gasteiger partial charge on any atom is 0.252 e. The number of ether oxygens (including phenoxy) is 1. The van der Waals surface area contributed by atoms with Crippen LogP contribution in [0, 0.1) is 0 Å². The molecule has 2 N–H and O–H groups in total. The van der Waals surface area contributed by atoms with E-state index in [0.717, 1.165) is 16.7 Å². The summed E-state index contributed by atoms with van der Waals surface area (Å²) in [5.74, 6) is 1.26. The summed E-state index contributed by atoms with van der Waals surface area (Å²) in [6.07, 6.45) is 1.54. The second kappa shape index (κ2) is 8.21. The molecule has 136 valence electrons. The number of aromatic nitrogens is 1. The van der Waals surface area contributed by atoms with E-state index in [2.05, 4.69) is 15.6 Å². The molecular formula is C19H20ClN3O3. The van der Waals surface area contributed by atoms with Crippen LogP contribution in [0.1, 0.15) is 29.1 Å². The molecular weight excluding hydrogens is 354 g/mol. The summed E-state index contributed by atoms with van der Waals surface area (Å²) in [5, 5.41) is 7.65. The number of pyridine rings is 1. The summed E-state index contributed by atoms with van der Waals surface area (Å²) in [6, 6.07) is 10.9. The predicted octanol–water partition coefficient (Wildman–Crippen LogP) is 4.03. The fourth-order valence-electron chi connectivity index (χ4n) is 2.52. The topological polar surface area (TPSA) is 76.4 Å². The highest BCUT2D eigenvalue weighted by atomic mass is 35.5. The van der Waals surface area contributed by atoms with Crippen LogP contribution in [0.5, 0.6) is 0 Å². The van der Waals surface area contributed by atoms with Gasteiger partial charge in [0.2, 0.25) is 0 Å². The van der Waals surface area contributed by atoms with Gasteiger partial charge < -0.3 is 19.8 Å². The Morgan fingerprint density at radius 1 is 1.31 bits per heavy atom. The number of methoxy groups -OCH3 is 1. The Hall–Kier alpha value is -2.57. The van der Waals surface area contributed by atoms with Gasteiger partial charge in [0.05, 0.1) is 18.2 Å². The first-order chi connectivity index (χ1) is 12.6. The molecule has 3 aromatic rings. The van der Waals surface area contributed by atoms with Crippen LogP contribution in [0.15, 0.2) is 47.0 Å². The minimum Gasteiger partial charge on any atom is -0.459 e. The van der Waals surface area contributed by atoms with Gasteiger partial charge in [-0.1, -0.05) is 11.6 Å². The van der Waals surface area contributed by atoms with E-state index in [1.165, 1.54) is 6.20 Å². The first-order valence-electron chi connectivity index (χ1n) is 8.25. The number of benzene rings is 1. The molecule has 7 heteroatoms. The number of hydrogen-bond acceptors (Lipinski definition) is 5. The molecule has 1 unspecified atom stereocenters. The van der Waals surface area contributed by atoms with Gasteiger partial charge in [-0.15, -0.1) is 0 Å². The van der Waals surface area contributed by atoms with Crippen LogP contribution in [-0.4, -0.2) is 31.2 Å². The number of nitrogens with zero attached hydrogens (tertiary/aromatic N) is 1. The Kier molecular flexibility index (Phi) is 5.75. The molecule has 0 aliphatic heterocycles. The predicted molar refractivity (Wildman–Crippen MR) is 102 cm³/mol. The van der Waals surface area contributed by atoms with Gasteiger partial charge in [-0.05, 0) is 43.3 Å². The van der Waals surface area contributed by atoms with E-state index in [0.29, 0.717) is 29.6 Å². The highest BCUT2D eigenvalue weighted by molar-refractivity contribution is 6.31. The average molecular weight is 374 g/mol. The summed E-state index contributed by atoms with van der Waals surface area (Å²) in [5.41, 5.74) is 1.28. The molecule has 0 aliphatic carbocycles. The summed E-state index contributed by atoms with van der Waals surface area (Å²) in [4.78, 5) is 16.2. The van der Waals surface area contributed by atoms with E-state index in [-0.39, 0.29) is 11.9 Å². The number of nitrogens with one attached hydrogen (secondary N) is 2. The number of halogens is 1. The Morgan fingerprint density at radius 2 is 2.15 bits per heavy atom. The second-order valence-electron chi connectivity index (χ2n) is 5.88. The highest BCUT2D eigenvalue weighted by Gasteiger charge is 2.13. The van der Waals surface area contributed by atoms with Crippen molar-refractivity contribution in [1.29, 1.82) is 0 Å². The molecule has 26 heavy (non-hydrogen) atoms. The first-order valence-corrected chi connectivity index (χ1v) is 8.63. The molecule has 0 aliphatic rings. The molecule has 6 nitrogen and oxygen atoms in total. The van der Waals surface area contributed by atoms with E-state index in [1.807, 2.05) is 25.1 Å². The van der Waals surface area contributed by atoms with E-state index in [4.69, 9.17) is 20.8 Å². The third-order valence-electron chi connectivity index (χ3n) is 3.91. The Balaban J connectivity index is 1.65. The summed E-state index contributed by atoms with van der Waals surface area (Å²) < 4.78 is 10.8. The van der Waals surface area contributed by atoms with Gasteiger partial charge in [-0.2, -0.15) is 0 Å². The van der Waals surface area contributed by atoms with Crippen LogP contribution >= 0.6 is 11.6 Å². The summed E-state index contributed by atoms with van der Waals surface area (Å²) in [7, 11) is 1.59. The van der Waals surface area contributed by atoms with E-state index >= 15 is 0 Å². The van der Waals surface area contributed by atoms with Crippen molar-refractivity contribution in [3.8, 4) is 0 Å². The van der Waals surface area contributed by atoms with Gasteiger partial charge in [-0.3, -0.25) is 4.79 Å². The first kappa shape index (κ1) is 18.2. The number of carbonyl (C=O) groups is 1. The molecule has 0 saturated heterocycles. The van der Waals surface area contributed by atoms with Crippen molar-refractivity contribution in [1.82, 2.24) is 10.3 Å². The Labute approximate surface area is 156 Å². The van der Waals surface area contributed by atoms with Crippen LogP contribution in [0.3, 0.4) is 0 Å². The van der Waals surface area contributed by atoms with Crippen molar-refractivity contribution in [2.45, 2.75) is 13.0 Å². The number of amides is 1. The molecule has 0 radical (unpaired) electrons. The van der Waals surface area contributed by atoms with Crippen molar-refractivity contribution < 1.29 is 13.9 Å². The lowest BCUT2D eigenvalue weighted by molar-refractivity contribution is 0.0937. The molecule has 1 aromatic carbocycles. The zero-order valence-electron chi connectivity index (χ0n) is 14.6. The lowest BCUT2D eigenvalue weighted by Crippen LogP contribution is -2.27. The van der Waals surface area contributed by atoms with Gasteiger partial charge in [-0.25, -0.2) is 4.98 Å². The third-order valence-corrected chi connectivity index (χ3v) is 4.14. The summed E-state index contributed by atoms with van der Waals surface area (Å²) in [6.45, 7) is 2.91. The monoisotopic (exact) mass is 373 g/mol. The fourth-order valence-corrected chi connectivity index (χ4v) is 2.70. The second-order valence-corrected chi connectivity index (χ2v) is 6.31. The van der Waals surface area contributed by atoms with Crippen LogP contribution in [0.2, 0.25) is 5.02 Å². The van der Waals surface area contributed by atoms with Crippen LogP contribution < -0.4 is 10.6 Å². The number of furan rings is 1. The van der Waals surface area contributed by atoms with Gasteiger partial charge >= 0.3 is 0 Å². The zero-order valence-corrected chi connectivity index (χ0v) is 15.3. The molecule has 0 spiro atoms. The number of hydrogen-bond donors (Lipinski definition) is 2. The molecule has 0 saturated carbocycles. The Morgan fingerprint density at radius 3 is 2.88 bits per heavy atom. The van der Waals surface area contributed by atoms with Gasteiger partial charge in [0.15, 0.2) is 0 Å². The molecule has 1 atom stereocenters. The molecule has 0 fully saturated rings. The fraction of sp³-hybridized carbons (Fsp3) is 0.263. The maximum absolute atomic E-state index is 11.9. The van der Waals surface area contributed by atoms with Gasteiger partial charge in [0, 0.05) is 30.3 Å².